The third-order valence-electron chi connectivity index (χ3n) is 4.75. The highest BCUT2D eigenvalue weighted by molar-refractivity contribution is 6.26. The van der Waals surface area contributed by atoms with E-state index in [0.717, 1.165) is 22.8 Å². The largest absolute Gasteiger partial charge is 0.298 e. The van der Waals surface area contributed by atoms with Crippen molar-refractivity contribution in [3.8, 4) is 0 Å². The van der Waals surface area contributed by atoms with Crippen molar-refractivity contribution < 1.29 is 4.79 Å². The zero-order valence-electron chi connectivity index (χ0n) is 13.6. The lowest BCUT2D eigenvalue weighted by Crippen LogP contribution is -1.90. The molecule has 4 aromatic rings. The number of rotatable bonds is 1. The Morgan fingerprint density at radius 1 is 0.609 bits per heavy atom. The Kier molecular flexibility index (Phi) is 2.99. The number of fused-ring (bicyclic) bond motifs is 6. The van der Waals surface area contributed by atoms with E-state index in [1.165, 1.54) is 38.1 Å². The Balaban J connectivity index is 2.37. The van der Waals surface area contributed by atoms with Crippen LogP contribution in [-0.4, -0.2) is 6.29 Å². The molecular weight excluding hydrogens is 280 g/mol. The fraction of sp³-hybridized carbons (Fsp3) is 0.136. The smallest absolute Gasteiger partial charge is 0.150 e. The molecule has 0 heterocycles. The molecule has 0 aliphatic carbocycles. The minimum Gasteiger partial charge on any atom is -0.298 e. The van der Waals surface area contributed by atoms with Gasteiger partial charge in [-0.05, 0) is 64.7 Å². The summed E-state index contributed by atoms with van der Waals surface area (Å²) in [5, 5.41) is 7.39. The summed E-state index contributed by atoms with van der Waals surface area (Å²) in [6.07, 6.45) is 0.954. The van der Waals surface area contributed by atoms with E-state index in [1.54, 1.807) is 0 Å². The first kappa shape index (κ1) is 14.0. The summed E-state index contributed by atoms with van der Waals surface area (Å²) in [4.78, 5) is 11.4. The molecule has 0 amide bonds. The molecule has 112 valence electrons. The summed E-state index contributed by atoms with van der Waals surface area (Å²) in [5.74, 6) is 0. The van der Waals surface area contributed by atoms with Gasteiger partial charge < -0.3 is 0 Å². The average molecular weight is 298 g/mol. The van der Waals surface area contributed by atoms with Crippen LogP contribution in [0.5, 0.6) is 0 Å². The van der Waals surface area contributed by atoms with Crippen LogP contribution in [0, 0.1) is 20.8 Å². The first-order valence-corrected chi connectivity index (χ1v) is 7.91. The third-order valence-corrected chi connectivity index (χ3v) is 4.75. The number of carbonyl (C=O) groups excluding carboxylic acids is 1. The van der Waals surface area contributed by atoms with E-state index in [0.29, 0.717) is 0 Å². The minimum absolute atomic E-state index is 0.770. The van der Waals surface area contributed by atoms with Crippen LogP contribution in [0.1, 0.15) is 27.0 Å². The Hall–Kier alpha value is -2.67. The second kappa shape index (κ2) is 4.92. The van der Waals surface area contributed by atoms with Crippen LogP contribution >= 0.6 is 0 Å². The maximum atomic E-state index is 11.4. The van der Waals surface area contributed by atoms with Gasteiger partial charge in [0.2, 0.25) is 0 Å². The van der Waals surface area contributed by atoms with Gasteiger partial charge in [0.1, 0.15) is 6.29 Å². The van der Waals surface area contributed by atoms with Gasteiger partial charge in [-0.2, -0.15) is 0 Å². The highest BCUT2D eigenvalue weighted by atomic mass is 16.1. The quantitative estimate of drug-likeness (QED) is 0.316. The average Bonchev–Trinajstić information content (AvgIpc) is 2.54. The lowest BCUT2D eigenvalue weighted by atomic mass is 9.90. The first-order chi connectivity index (χ1) is 11.1. The molecule has 0 fully saturated rings. The van der Waals surface area contributed by atoms with Crippen molar-refractivity contribution in [2.45, 2.75) is 20.8 Å². The summed E-state index contributed by atoms with van der Waals surface area (Å²) in [6, 6.07) is 17.4. The molecule has 0 unspecified atom stereocenters. The summed E-state index contributed by atoms with van der Waals surface area (Å²) < 4.78 is 0. The van der Waals surface area contributed by atoms with Crippen molar-refractivity contribution in [2.24, 2.45) is 0 Å². The van der Waals surface area contributed by atoms with Crippen LogP contribution in [0.15, 0.2) is 48.5 Å². The second-order valence-electron chi connectivity index (χ2n) is 6.47. The lowest BCUT2D eigenvalue weighted by molar-refractivity contribution is 0.112. The van der Waals surface area contributed by atoms with Crippen LogP contribution in [0.25, 0.3) is 32.3 Å². The molecule has 1 heteroatoms. The molecule has 0 bridgehead atoms. The standard InChI is InChI=1S/C22H18O/c1-13-5-7-18-19(8-13)17-6-4-14(2)9-20(17)22-11-16(12-23)15(3)10-21(18)22/h4-12H,1-3H3. The molecule has 0 saturated heterocycles. The summed E-state index contributed by atoms with van der Waals surface area (Å²) in [6.45, 7) is 6.24. The molecule has 1 nitrogen and oxygen atoms in total. The molecule has 0 N–H and O–H groups in total. The van der Waals surface area contributed by atoms with Gasteiger partial charge >= 0.3 is 0 Å². The van der Waals surface area contributed by atoms with Crippen molar-refractivity contribution >= 4 is 38.6 Å². The normalized spacial score (nSPS) is 11.4. The van der Waals surface area contributed by atoms with Crippen molar-refractivity contribution in [2.75, 3.05) is 0 Å². The third kappa shape index (κ3) is 2.04. The van der Waals surface area contributed by atoms with Gasteiger partial charge in [0, 0.05) is 5.56 Å². The fourth-order valence-electron chi connectivity index (χ4n) is 3.53. The van der Waals surface area contributed by atoms with Gasteiger partial charge in [-0.1, -0.05) is 53.6 Å². The number of hydrogen-bond acceptors (Lipinski definition) is 1. The van der Waals surface area contributed by atoms with Crippen molar-refractivity contribution in [3.63, 3.8) is 0 Å². The van der Waals surface area contributed by atoms with Crippen LogP contribution in [0.2, 0.25) is 0 Å². The topological polar surface area (TPSA) is 17.1 Å². The van der Waals surface area contributed by atoms with E-state index >= 15 is 0 Å². The SMILES string of the molecule is Cc1ccc2c(c1)c1ccc(C)cc1c1cc(C=O)c(C)cc21. The summed E-state index contributed by atoms with van der Waals surface area (Å²) in [5.41, 5.74) is 4.30. The number of hydrogen-bond donors (Lipinski definition) is 0. The molecule has 0 aliphatic rings. The molecule has 4 aromatic carbocycles. The minimum atomic E-state index is 0.770. The van der Waals surface area contributed by atoms with E-state index in [1.807, 2.05) is 13.0 Å². The molecule has 0 spiro atoms. The predicted molar refractivity (Wildman–Crippen MR) is 98.6 cm³/mol. The van der Waals surface area contributed by atoms with Crippen LogP contribution < -0.4 is 0 Å². The van der Waals surface area contributed by atoms with Crippen LogP contribution in [0.3, 0.4) is 0 Å². The Labute approximate surface area is 135 Å². The second-order valence-corrected chi connectivity index (χ2v) is 6.47. The zero-order valence-corrected chi connectivity index (χ0v) is 13.6. The monoisotopic (exact) mass is 298 g/mol. The Morgan fingerprint density at radius 2 is 1.09 bits per heavy atom. The Morgan fingerprint density at radius 3 is 1.65 bits per heavy atom. The number of aldehydes is 1. The van der Waals surface area contributed by atoms with Gasteiger partial charge in [-0.3, -0.25) is 4.79 Å². The predicted octanol–water partition coefficient (Wildman–Crippen LogP) is 5.88. The van der Waals surface area contributed by atoms with E-state index in [-0.39, 0.29) is 0 Å². The van der Waals surface area contributed by atoms with E-state index < -0.39 is 0 Å². The maximum Gasteiger partial charge on any atom is 0.150 e. The number of carbonyl (C=O) groups is 1. The highest BCUT2D eigenvalue weighted by Gasteiger charge is 2.11. The molecule has 0 aliphatic heterocycles. The fourth-order valence-corrected chi connectivity index (χ4v) is 3.53. The maximum absolute atomic E-state index is 11.4. The van der Waals surface area contributed by atoms with Crippen LogP contribution in [-0.2, 0) is 0 Å². The van der Waals surface area contributed by atoms with E-state index in [9.17, 15) is 4.79 Å². The van der Waals surface area contributed by atoms with Crippen molar-refractivity contribution in [1.82, 2.24) is 0 Å². The van der Waals surface area contributed by atoms with E-state index in [4.69, 9.17) is 0 Å². The van der Waals surface area contributed by atoms with Gasteiger partial charge in [0.25, 0.3) is 0 Å². The van der Waals surface area contributed by atoms with Gasteiger partial charge in [-0.25, -0.2) is 0 Å². The zero-order chi connectivity index (χ0) is 16.1. The highest BCUT2D eigenvalue weighted by Crippen LogP contribution is 2.37. The van der Waals surface area contributed by atoms with E-state index in [2.05, 4.69) is 56.3 Å². The van der Waals surface area contributed by atoms with Crippen LogP contribution in [0.4, 0.5) is 0 Å². The van der Waals surface area contributed by atoms with Crippen molar-refractivity contribution in [3.05, 3.63) is 70.8 Å². The lowest BCUT2D eigenvalue weighted by Gasteiger charge is -2.13. The van der Waals surface area contributed by atoms with Gasteiger partial charge in [0.15, 0.2) is 0 Å². The van der Waals surface area contributed by atoms with Gasteiger partial charge in [-0.15, -0.1) is 0 Å². The summed E-state index contributed by atoms with van der Waals surface area (Å²) >= 11 is 0. The molecule has 0 atom stereocenters. The summed E-state index contributed by atoms with van der Waals surface area (Å²) in [7, 11) is 0. The molecule has 0 aromatic heterocycles. The number of benzene rings is 4. The van der Waals surface area contributed by atoms with Crippen molar-refractivity contribution in [1.29, 1.82) is 0 Å². The molecule has 4 rings (SSSR count). The van der Waals surface area contributed by atoms with Gasteiger partial charge in [0.05, 0.1) is 0 Å². The molecular formula is C22H18O. The number of aryl methyl sites for hydroxylation is 3. The molecule has 23 heavy (non-hydrogen) atoms. The first-order valence-electron chi connectivity index (χ1n) is 7.91. The molecule has 0 saturated carbocycles. The molecule has 0 radical (unpaired) electrons. The Bertz CT molecular complexity index is 1070.